The van der Waals surface area contributed by atoms with Gasteiger partial charge in [0, 0.05) is 17.6 Å². The molecule has 0 N–H and O–H groups in total. The quantitative estimate of drug-likeness (QED) is 0.424. The fourth-order valence-corrected chi connectivity index (χ4v) is 6.07. The van der Waals surface area contributed by atoms with E-state index in [0.717, 1.165) is 51.4 Å². The molecular weight excluding hydrogens is 420 g/mol. The molecular formula is C25H29ClN6. The lowest BCUT2D eigenvalue weighted by Crippen LogP contribution is -2.48. The molecule has 6 rings (SSSR count). The van der Waals surface area contributed by atoms with Gasteiger partial charge in [0.1, 0.15) is 17.9 Å². The second-order valence-electron chi connectivity index (χ2n) is 9.34. The summed E-state index contributed by atoms with van der Waals surface area (Å²) >= 11 is 6.29. The second-order valence-corrected chi connectivity index (χ2v) is 9.78. The van der Waals surface area contributed by atoms with Gasteiger partial charge in [-0.1, -0.05) is 35.4 Å². The lowest BCUT2D eigenvalue weighted by atomic mass is 9.81. The Kier molecular flexibility index (Phi) is 5.35. The van der Waals surface area contributed by atoms with Crippen LogP contribution < -0.4 is 0 Å². The molecule has 4 aromatic rings. The molecule has 4 heterocycles. The fraction of sp³-hybridized carbons (Fsp3) is 0.480. The molecule has 7 heteroatoms. The van der Waals surface area contributed by atoms with Crippen molar-refractivity contribution < 1.29 is 0 Å². The Morgan fingerprint density at radius 1 is 0.938 bits per heavy atom. The normalized spacial score (nSPS) is 21.9. The van der Waals surface area contributed by atoms with E-state index in [2.05, 4.69) is 31.9 Å². The first-order valence-electron chi connectivity index (χ1n) is 11.9. The molecule has 0 saturated carbocycles. The van der Waals surface area contributed by atoms with Crippen molar-refractivity contribution in [3.63, 3.8) is 0 Å². The number of halogens is 1. The van der Waals surface area contributed by atoms with E-state index >= 15 is 0 Å². The molecule has 0 aliphatic carbocycles. The van der Waals surface area contributed by atoms with Crippen LogP contribution in [0.1, 0.15) is 44.3 Å². The SMILES string of the molecule is Clc1ccc2c(c1)nc(Cn1nnc3ccccc31)n2CC[C@@H]1CCCN2CCCC[C@H]12. The standard InChI is InChI=1S/C25H29ClN6/c26-19-10-11-23-21(16-19)27-25(17-32-24-9-2-1-7-20(24)28-29-32)31(23)15-12-18-6-5-14-30-13-4-3-8-22(18)30/h1-2,7,9-11,16,18,22H,3-6,8,12-15,17H2/t18-,22+/m0/s1. The summed E-state index contributed by atoms with van der Waals surface area (Å²) in [5, 5.41) is 9.46. The smallest absolute Gasteiger partial charge is 0.131 e. The number of nitrogens with zero attached hydrogens (tertiary/aromatic N) is 6. The van der Waals surface area contributed by atoms with Crippen LogP contribution in [0.5, 0.6) is 0 Å². The first-order chi connectivity index (χ1) is 15.8. The minimum absolute atomic E-state index is 0.604. The number of imidazole rings is 1. The van der Waals surface area contributed by atoms with Crippen LogP contribution in [0.4, 0.5) is 0 Å². The monoisotopic (exact) mass is 448 g/mol. The predicted molar refractivity (Wildman–Crippen MR) is 128 cm³/mol. The number of aromatic nitrogens is 5. The molecule has 0 bridgehead atoms. The van der Waals surface area contributed by atoms with E-state index in [4.69, 9.17) is 16.6 Å². The zero-order chi connectivity index (χ0) is 21.5. The number of benzene rings is 2. The van der Waals surface area contributed by atoms with E-state index in [9.17, 15) is 0 Å². The van der Waals surface area contributed by atoms with Crippen LogP contribution in [0.3, 0.4) is 0 Å². The highest BCUT2D eigenvalue weighted by Crippen LogP contribution is 2.34. The summed E-state index contributed by atoms with van der Waals surface area (Å²) in [7, 11) is 0. The van der Waals surface area contributed by atoms with E-state index in [1.54, 1.807) is 0 Å². The Morgan fingerprint density at radius 3 is 2.81 bits per heavy atom. The van der Waals surface area contributed by atoms with Crippen LogP contribution in [-0.2, 0) is 13.1 Å². The van der Waals surface area contributed by atoms with Crippen LogP contribution in [0.25, 0.3) is 22.1 Å². The molecule has 0 radical (unpaired) electrons. The Labute approximate surface area is 193 Å². The van der Waals surface area contributed by atoms with E-state index < -0.39 is 0 Å². The molecule has 2 saturated heterocycles. The Balaban J connectivity index is 1.31. The van der Waals surface area contributed by atoms with Crippen molar-refractivity contribution in [3.05, 3.63) is 53.3 Å². The zero-order valence-corrected chi connectivity index (χ0v) is 19.1. The van der Waals surface area contributed by atoms with E-state index in [1.165, 1.54) is 51.6 Å². The second kappa shape index (κ2) is 8.49. The first kappa shape index (κ1) is 20.2. The van der Waals surface area contributed by atoms with Crippen LogP contribution in [0.15, 0.2) is 42.5 Å². The summed E-state index contributed by atoms with van der Waals surface area (Å²) in [5.41, 5.74) is 4.07. The van der Waals surface area contributed by atoms with Crippen molar-refractivity contribution in [1.29, 1.82) is 0 Å². The lowest BCUT2D eigenvalue weighted by Gasteiger charge is -2.44. The molecule has 0 unspecified atom stereocenters. The van der Waals surface area contributed by atoms with Crippen molar-refractivity contribution in [2.45, 2.75) is 57.7 Å². The van der Waals surface area contributed by atoms with Crippen LogP contribution in [0, 0.1) is 5.92 Å². The lowest BCUT2D eigenvalue weighted by molar-refractivity contribution is 0.0539. The number of hydrogen-bond donors (Lipinski definition) is 0. The minimum Gasteiger partial charge on any atom is -0.326 e. The third kappa shape index (κ3) is 3.69. The van der Waals surface area contributed by atoms with E-state index in [-0.39, 0.29) is 0 Å². The van der Waals surface area contributed by atoms with E-state index in [0.29, 0.717) is 6.54 Å². The topological polar surface area (TPSA) is 51.8 Å². The van der Waals surface area contributed by atoms with Crippen molar-refractivity contribution >= 4 is 33.7 Å². The van der Waals surface area contributed by atoms with Crippen molar-refractivity contribution in [2.24, 2.45) is 5.92 Å². The molecule has 2 aliphatic heterocycles. The molecule has 32 heavy (non-hydrogen) atoms. The van der Waals surface area contributed by atoms with Gasteiger partial charge < -0.3 is 9.47 Å². The highest BCUT2D eigenvalue weighted by atomic mass is 35.5. The number of rotatable bonds is 5. The Bertz CT molecular complexity index is 1240. The summed E-state index contributed by atoms with van der Waals surface area (Å²) < 4.78 is 4.35. The third-order valence-corrected chi connectivity index (χ3v) is 7.69. The maximum atomic E-state index is 6.29. The maximum absolute atomic E-state index is 6.29. The third-order valence-electron chi connectivity index (χ3n) is 7.45. The molecule has 2 fully saturated rings. The van der Waals surface area contributed by atoms with Crippen molar-refractivity contribution in [1.82, 2.24) is 29.4 Å². The largest absolute Gasteiger partial charge is 0.326 e. The van der Waals surface area contributed by atoms with E-state index in [1.807, 2.05) is 35.0 Å². The van der Waals surface area contributed by atoms with Crippen LogP contribution in [0.2, 0.25) is 5.02 Å². The first-order valence-corrected chi connectivity index (χ1v) is 12.3. The maximum Gasteiger partial charge on any atom is 0.131 e. The molecule has 0 amide bonds. The van der Waals surface area contributed by atoms with Gasteiger partial charge in [-0.25, -0.2) is 9.67 Å². The summed E-state index contributed by atoms with van der Waals surface area (Å²) in [6.45, 7) is 4.17. The van der Waals surface area contributed by atoms with Gasteiger partial charge in [-0.15, -0.1) is 5.10 Å². The van der Waals surface area contributed by atoms with Gasteiger partial charge in [0.05, 0.1) is 16.6 Å². The Morgan fingerprint density at radius 2 is 1.84 bits per heavy atom. The summed E-state index contributed by atoms with van der Waals surface area (Å²) in [6, 6.07) is 14.9. The van der Waals surface area contributed by atoms with Crippen molar-refractivity contribution in [2.75, 3.05) is 13.1 Å². The van der Waals surface area contributed by atoms with Gasteiger partial charge >= 0.3 is 0 Å². The van der Waals surface area contributed by atoms with Crippen molar-refractivity contribution in [3.8, 4) is 0 Å². The fourth-order valence-electron chi connectivity index (χ4n) is 5.90. The molecule has 166 valence electrons. The Hall–Kier alpha value is -2.44. The molecule has 2 aromatic carbocycles. The molecule has 2 atom stereocenters. The highest BCUT2D eigenvalue weighted by molar-refractivity contribution is 6.31. The molecule has 2 aromatic heterocycles. The number of para-hydroxylation sites is 1. The minimum atomic E-state index is 0.604. The van der Waals surface area contributed by atoms with Crippen LogP contribution >= 0.6 is 11.6 Å². The molecule has 2 aliphatic rings. The number of aryl methyl sites for hydroxylation is 1. The summed E-state index contributed by atoms with van der Waals surface area (Å²) in [5.74, 6) is 1.79. The summed E-state index contributed by atoms with van der Waals surface area (Å²) in [4.78, 5) is 7.74. The van der Waals surface area contributed by atoms with Gasteiger partial charge in [-0.05, 0) is 81.4 Å². The van der Waals surface area contributed by atoms with Gasteiger partial charge in [-0.2, -0.15) is 0 Å². The molecule has 6 nitrogen and oxygen atoms in total. The number of piperidine rings is 2. The van der Waals surface area contributed by atoms with Gasteiger partial charge in [0.2, 0.25) is 0 Å². The van der Waals surface area contributed by atoms with Gasteiger partial charge in [0.15, 0.2) is 0 Å². The number of hydrogen-bond acceptors (Lipinski definition) is 4. The van der Waals surface area contributed by atoms with Gasteiger partial charge in [0.25, 0.3) is 0 Å². The van der Waals surface area contributed by atoms with Crippen LogP contribution in [-0.4, -0.2) is 48.6 Å². The average Bonchev–Trinajstić information content (AvgIpc) is 3.38. The highest BCUT2D eigenvalue weighted by Gasteiger charge is 2.32. The number of fused-ring (bicyclic) bond motifs is 3. The summed E-state index contributed by atoms with van der Waals surface area (Å²) in [6.07, 6.45) is 7.99. The zero-order valence-electron chi connectivity index (χ0n) is 18.3. The molecule has 0 spiro atoms. The average molecular weight is 449 g/mol. The predicted octanol–water partition coefficient (Wildman–Crippen LogP) is 5.14. The van der Waals surface area contributed by atoms with Gasteiger partial charge in [-0.3, -0.25) is 0 Å².